The Morgan fingerprint density at radius 2 is 1.93 bits per heavy atom. The number of amides is 1. The van der Waals surface area contributed by atoms with Gasteiger partial charge in [0.2, 0.25) is 6.41 Å². The van der Waals surface area contributed by atoms with Gasteiger partial charge in [-0.25, -0.2) is 4.67 Å². The van der Waals surface area contributed by atoms with Gasteiger partial charge in [0.05, 0.1) is 0 Å². The van der Waals surface area contributed by atoms with Crippen LogP contribution in [0.3, 0.4) is 0 Å². The smallest absolute Gasteiger partial charge is 0.279 e. The predicted octanol–water partition coefficient (Wildman–Crippen LogP) is 2.28. The monoisotopic (exact) mass is 238 g/mol. The standard InChI is InChI=1S/C8H19N2O2PS/c1-6-8(2)14-13(12,9(3)4)10(5)7-11/h7-8H,6H2,1-5H3. The Hall–Kier alpha value is 0.0100. The highest BCUT2D eigenvalue weighted by atomic mass is 32.7. The van der Waals surface area contributed by atoms with Crippen molar-refractivity contribution in [2.45, 2.75) is 25.5 Å². The van der Waals surface area contributed by atoms with Crippen molar-refractivity contribution in [2.24, 2.45) is 0 Å². The Bertz CT molecular complexity index is 235. The Morgan fingerprint density at radius 3 is 2.21 bits per heavy atom. The van der Waals surface area contributed by atoms with Crippen LogP contribution in [-0.4, -0.2) is 42.1 Å². The van der Waals surface area contributed by atoms with Crippen molar-refractivity contribution >= 4 is 24.4 Å². The van der Waals surface area contributed by atoms with Crippen LogP contribution in [0.25, 0.3) is 0 Å². The van der Waals surface area contributed by atoms with E-state index < -0.39 is 6.65 Å². The van der Waals surface area contributed by atoms with Crippen LogP contribution in [0.4, 0.5) is 0 Å². The van der Waals surface area contributed by atoms with Gasteiger partial charge in [0.25, 0.3) is 6.65 Å². The summed E-state index contributed by atoms with van der Waals surface area (Å²) < 4.78 is 15.3. The van der Waals surface area contributed by atoms with Crippen molar-refractivity contribution in [1.29, 1.82) is 0 Å². The van der Waals surface area contributed by atoms with Gasteiger partial charge in [0.15, 0.2) is 0 Å². The van der Waals surface area contributed by atoms with E-state index in [4.69, 9.17) is 0 Å². The molecule has 0 N–H and O–H groups in total. The topological polar surface area (TPSA) is 40.6 Å². The van der Waals surface area contributed by atoms with Gasteiger partial charge in [-0.3, -0.25) is 14.0 Å². The van der Waals surface area contributed by atoms with Gasteiger partial charge in [0, 0.05) is 12.3 Å². The lowest BCUT2D eigenvalue weighted by atomic mass is 10.4. The highest BCUT2D eigenvalue weighted by molar-refractivity contribution is 8.57. The lowest BCUT2D eigenvalue weighted by Gasteiger charge is -2.31. The third-order valence-electron chi connectivity index (χ3n) is 1.95. The first-order valence-corrected chi connectivity index (χ1v) is 7.63. The molecule has 14 heavy (non-hydrogen) atoms. The SMILES string of the molecule is CCC(C)SP(=O)(N(C)C)N(C)C=O. The summed E-state index contributed by atoms with van der Waals surface area (Å²) in [5, 5.41) is 0.283. The van der Waals surface area contributed by atoms with Gasteiger partial charge >= 0.3 is 0 Å². The zero-order valence-electron chi connectivity index (χ0n) is 9.43. The summed E-state index contributed by atoms with van der Waals surface area (Å²) in [6, 6.07) is 0. The minimum atomic E-state index is -2.74. The van der Waals surface area contributed by atoms with Gasteiger partial charge in [0.1, 0.15) is 0 Å². The van der Waals surface area contributed by atoms with Gasteiger partial charge in [-0.05, 0) is 20.5 Å². The molecule has 6 heteroatoms. The number of hydrogen-bond donors (Lipinski definition) is 0. The lowest BCUT2D eigenvalue weighted by Crippen LogP contribution is -2.22. The van der Waals surface area contributed by atoms with E-state index in [1.807, 2.05) is 13.8 Å². The van der Waals surface area contributed by atoms with Crippen LogP contribution in [0.15, 0.2) is 0 Å². The minimum Gasteiger partial charge on any atom is -0.279 e. The summed E-state index contributed by atoms with van der Waals surface area (Å²) in [5.41, 5.74) is 0. The molecule has 0 saturated heterocycles. The van der Waals surface area contributed by atoms with E-state index in [0.717, 1.165) is 6.42 Å². The highest BCUT2D eigenvalue weighted by Gasteiger charge is 2.32. The predicted molar refractivity (Wildman–Crippen MR) is 62.5 cm³/mol. The summed E-state index contributed by atoms with van der Waals surface area (Å²) in [7, 11) is 5.02. The van der Waals surface area contributed by atoms with Crippen LogP contribution in [0.2, 0.25) is 0 Å². The molecule has 0 aromatic rings. The van der Waals surface area contributed by atoms with Crippen molar-refractivity contribution in [3.05, 3.63) is 0 Å². The average molecular weight is 238 g/mol. The highest BCUT2D eigenvalue weighted by Crippen LogP contribution is 2.63. The molecule has 2 unspecified atom stereocenters. The van der Waals surface area contributed by atoms with Crippen LogP contribution >= 0.6 is 18.0 Å². The molecule has 1 amide bonds. The molecule has 0 radical (unpaired) electrons. The molecule has 0 fully saturated rings. The molecule has 4 nitrogen and oxygen atoms in total. The van der Waals surface area contributed by atoms with E-state index in [1.54, 1.807) is 25.8 Å². The number of hydrogen-bond acceptors (Lipinski definition) is 3. The van der Waals surface area contributed by atoms with Crippen LogP contribution in [0.1, 0.15) is 20.3 Å². The van der Waals surface area contributed by atoms with E-state index in [0.29, 0.717) is 6.41 Å². The molecular formula is C8H19N2O2PS. The van der Waals surface area contributed by atoms with Crippen molar-refractivity contribution < 1.29 is 9.36 Å². The molecule has 0 bridgehead atoms. The van der Waals surface area contributed by atoms with E-state index in [2.05, 4.69) is 0 Å². The van der Waals surface area contributed by atoms with Gasteiger partial charge in [-0.15, -0.1) is 0 Å². The van der Waals surface area contributed by atoms with E-state index >= 15 is 0 Å². The molecule has 0 aliphatic rings. The molecule has 0 rings (SSSR count). The van der Waals surface area contributed by atoms with Crippen LogP contribution in [0.5, 0.6) is 0 Å². The Morgan fingerprint density at radius 1 is 1.43 bits per heavy atom. The second-order valence-corrected chi connectivity index (χ2v) is 8.83. The van der Waals surface area contributed by atoms with E-state index in [9.17, 15) is 9.36 Å². The first kappa shape index (κ1) is 14.0. The summed E-state index contributed by atoms with van der Waals surface area (Å²) in [6.07, 6.45) is 1.56. The fourth-order valence-electron chi connectivity index (χ4n) is 0.819. The lowest BCUT2D eigenvalue weighted by molar-refractivity contribution is -0.113. The van der Waals surface area contributed by atoms with E-state index in [-0.39, 0.29) is 5.25 Å². The molecule has 0 heterocycles. The number of nitrogens with zero attached hydrogens (tertiary/aromatic N) is 2. The quantitative estimate of drug-likeness (QED) is 0.526. The molecule has 0 aromatic heterocycles. The maximum atomic E-state index is 12.4. The summed E-state index contributed by atoms with van der Waals surface area (Å²) in [4.78, 5) is 10.6. The van der Waals surface area contributed by atoms with Crippen molar-refractivity contribution in [3.63, 3.8) is 0 Å². The maximum Gasteiger partial charge on any atom is 0.296 e. The minimum absolute atomic E-state index is 0.283. The van der Waals surface area contributed by atoms with Gasteiger partial charge < -0.3 is 0 Å². The van der Waals surface area contributed by atoms with Gasteiger partial charge in [-0.2, -0.15) is 0 Å². The third kappa shape index (κ3) is 3.30. The maximum absolute atomic E-state index is 12.4. The zero-order chi connectivity index (χ0) is 11.4. The molecular weight excluding hydrogens is 219 g/mol. The van der Waals surface area contributed by atoms with Crippen LogP contribution in [-0.2, 0) is 9.36 Å². The Labute approximate surface area is 90.2 Å². The largest absolute Gasteiger partial charge is 0.296 e. The van der Waals surface area contributed by atoms with Crippen LogP contribution < -0.4 is 0 Å². The molecule has 84 valence electrons. The molecule has 0 spiro atoms. The zero-order valence-corrected chi connectivity index (χ0v) is 11.1. The number of carbonyl (C=O) groups excluding carboxylic acids is 1. The van der Waals surface area contributed by atoms with Gasteiger partial charge in [-0.1, -0.05) is 25.2 Å². The summed E-state index contributed by atoms with van der Waals surface area (Å²) in [5.74, 6) is 0. The molecule has 0 saturated carbocycles. The molecule has 0 aliphatic carbocycles. The fourth-order valence-corrected chi connectivity index (χ4v) is 5.44. The number of rotatable bonds is 6. The Balaban J connectivity index is 4.73. The molecule has 0 aliphatic heterocycles. The first-order valence-electron chi connectivity index (χ1n) is 4.53. The normalized spacial score (nSPS) is 17.6. The van der Waals surface area contributed by atoms with E-state index in [1.165, 1.54) is 16.1 Å². The second kappa shape index (κ2) is 5.79. The average Bonchev–Trinajstić information content (AvgIpc) is 2.15. The first-order chi connectivity index (χ1) is 6.38. The Kier molecular flexibility index (Phi) is 5.79. The number of carbonyl (C=O) groups is 1. The van der Waals surface area contributed by atoms with Crippen molar-refractivity contribution in [1.82, 2.24) is 9.34 Å². The molecule has 0 aromatic carbocycles. The molecule has 2 atom stereocenters. The summed E-state index contributed by atoms with van der Waals surface area (Å²) >= 11 is 1.36. The second-order valence-electron chi connectivity index (χ2n) is 3.34. The van der Waals surface area contributed by atoms with Crippen LogP contribution in [0, 0.1) is 0 Å². The fraction of sp³-hybridized carbons (Fsp3) is 0.875. The summed E-state index contributed by atoms with van der Waals surface area (Å²) in [6.45, 7) is 1.31. The third-order valence-corrected chi connectivity index (χ3v) is 8.48. The van der Waals surface area contributed by atoms with Crippen molar-refractivity contribution in [3.8, 4) is 0 Å². The van der Waals surface area contributed by atoms with Crippen molar-refractivity contribution in [2.75, 3.05) is 21.1 Å².